The smallest absolute Gasteiger partial charge is 0.0619 e. The summed E-state index contributed by atoms with van der Waals surface area (Å²) < 4.78 is 5.53. The zero-order valence-corrected chi connectivity index (χ0v) is 11.4. The van der Waals surface area contributed by atoms with Crippen molar-refractivity contribution < 1.29 is 4.74 Å². The summed E-state index contributed by atoms with van der Waals surface area (Å²) in [4.78, 5) is 2.60. The second-order valence-corrected chi connectivity index (χ2v) is 6.00. The van der Waals surface area contributed by atoms with Crippen molar-refractivity contribution in [1.29, 1.82) is 0 Å². The third-order valence-electron chi connectivity index (χ3n) is 4.61. The van der Waals surface area contributed by atoms with Crippen LogP contribution >= 0.6 is 0 Å². The third kappa shape index (κ3) is 3.21. The van der Waals surface area contributed by atoms with E-state index in [1.807, 2.05) is 0 Å². The molecule has 0 radical (unpaired) electrons. The summed E-state index contributed by atoms with van der Waals surface area (Å²) in [7, 11) is 0. The lowest BCUT2D eigenvalue weighted by molar-refractivity contribution is -0.0383. The molecule has 100 valence electrons. The molecule has 0 amide bonds. The van der Waals surface area contributed by atoms with Gasteiger partial charge in [0.05, 0.1) is 13.2 Å². The summed E-state index contributed by atoms with van der Waals surface area (Å²) in [5, 5.41) is 0. The molecule has 0 aromatic heterocycles. The number of morpholine rings is 1. The number of hydrogen-bond acceptors (Lipinski definition) is 3. The normalized spacial score (nSPS) is 37.9. The molecule has 2 N–H and O–H groups in total. The second-order valence-electron chi connectivity index (χ2n) is 6.00. The quantitative estimate of drug-likeness (QED) is 0.818. The second kappa shape index (κ2) is 6.17. The molecule has 3 heteroatoms. The summed E-state index contributed by atoms with van der Waals surface area (Å²) in [5.74, 6) is 1.70. The lowest BCUT2D eigenvalue weighted by Gasteiger charge is -2.44. The molecule has 1 saturated heterocycles. The first kappa shape index (κ1) is 13.3. The molecule has 0 spiro atoms. The van der Waals surface area contributed by atoms with Gasteiger partial charge in [0.15, 0.2) is 0 Å². The van der Waals surface area contributed by atoms with Crippen LogP contribution in [0.2, 0.25) is 0 Å². The summed E-state index contributed by atoms with van der Waals surface area (Å²) in [6, 6.07) is 1.12. The molecular formula is C14H28N2O. The molecule has 0 aromatic carbocycles. The van der Waals surface area contributed by atoms with E-state index in [1.165, 1.54) is 25.7 Å². The Bertz CT molecular complexity index is 234. The van der Waals surface area contributed by atoms with Gasteiger partial charge in [-0.1, -0.05) is 19.8 Å². The molecule has 4 unspecified atom stereocenters. The summed E-state index contributed by atoms with van der Waals surface area (Å²) in [6.45, 7) is 8.29. The molecule has 2 rings (SSSR count). The molecule has 0 bridgehead atoms. The largest absolute Gasteiger partial charge is 0.379 e. The van der Waals surface area contributed by atoms with Gasteiger partial charge in [-0.2, -0.15) is 0 Å². The van der Waals surface area contributed by atoms with Crippen molar-refractivity contribution in [2.45, 2.75) is 51.6 Å². The molecule has 1 aliphatic carbocycles. The van der Waals surface area contributed by atoms with Crippen LogP contribution in [0.5, 0.6) is 0 Å². The highest BCUT2D eigenvalue weighted by molar-refractivity contribution is 4.87. The van der Waals surface area contributed by atoms with E-state index in [0.717, 1.165) is 38.1 Å². The molecule has 1 saturated carbocycles. The number of hydrogen-bond donors (Lipinski definition) is 1. The Kier molecular flexibility index (Phi) is 4.83. The Labute approximate surface area is 106 Å². The minimum atomic E-state index is 0.537. The topological polar surface area (TPSA) is 38.5 Å². The standard InChI is InChI=1S/C14H28N2O/c1-11-4-3-5-13(8-11)14(9-15)16-6-7-17-10-12(16)2/h11-14H,3-10,15H2,1-2H3. The maximum absolute atomic E-state index is 6.06. The van der Waals surface area contributed by atoms with Crippen molar-refractivity contribution in [3.05, 3.63) is 0 Å². The van der Waals surface area contributed by atoms with E-state index >= 15 is 0 Å². The zero-order chi connectivity index (χ0) is 12.3. The molecule has 4 atom stereocenters. The predicted molar refractivity (Wildman–Crippen MR) is 71.0 cm³/mol. The molecule has 0 aromatic rings. The van der Waals surface area contributed by atoms with Gasteiger partial charge in [-0.25, -0.2) is 0 Å². The monoisotopic (exact) mass is 240 g/mol. The molecule has 1 aliphatic heterocycles. The van der Waals surface area contributed by atoms with Crippen molar-refractivity contribution in [2.24, 2.45) is 17.6 Å². The maximum Gasteiger partial charge on any atom is 0.0619 e. The predicted octanol–water partition coefficient (Wildman–Crippen LogP) is 1.86. The van der Waals surface area contributed by atoms with Gasteiger partial charge in [0.25, 0.3) is 0 Å². The average molecular weight is 240 g/mol. The van der Waals surface area contributed by atoms with Crippen molar-refractivity contribution in [2.75, 3.05) is 26.3 Å². The van der Waals surface area contributed by atoms with Crippen LogP contribution in [0, 0.1) is 11.8 Å². The first-order valence-corrected chi connectivity index (χ1v) is 7.26. The van der Waals surface area contributed by atoms with E-state index in [9.17, 15) is 0 Å². The van der Waals surface area contributed by atoms with E-state index in [2.05, 4.69) is 18.7 Å². The van der Waals surface area contributed by atoms with Crippen LogP contribution < -0.4 is 5.73 Å². The van der Waals surface area contributed by atoms with Crippen LogP contribution in [0.25, 0.3) is 0 Å². The van der Waals surface area contributed by atoms with Gasteiger partial charge in [-0.15, -0.1) is 0 Å². The van der Waals surface area contributed by atoms with Gasteiger partial charge in [0, 0.05) is 25.2 Å². The highest BCUT2D eigenvalue weighted by Crippen LogP contribution is 2.33. The Hall–Kier alpha value is -0.120. The Morgan fingerprint density at radius 3 is 2.82 bits per heavy atom. The van der Waals surface area contributed by atoms with Crippen LogP contribution in [0.3, 0.4) is 0 Å². The Balaban J connectivity index is 1.98. The first-order valence-electron chi connectivity index (χ1n) is 7.26. The Morgan fingerprint density at radius 1 is 1.35 bits per heavy atom. The van der Waals surface area contributed by atoms with Crippen molar-refractivity contribution >= 4 is 0 Å². The highest BCUT2D eigenvalue weighted by Gasteiger charge is 2.33. The molecule has 17 heavy (non-hydrogen) atoms. The van der Waals surface area contributed by atoms with E-state index in [0.29, 0.717) is 12.1 Å². The van der Waals surface area contributed by atoms with Crippen LogP contribution in [0.1, 0.15) is 39.5 Å². The number of rotatable bonds is 3. The average Bonchev–Trinajstić information content (AvgIpc) is 2.33. The van der Waals surface area contributed by atoms with E-state index in [1.54, 1.807) is 0 Å². The molecule has 2 fully saturated rings. The van der Waals surface area contributed by atoms with Gasteiger partial charge >= 0.3 is 0 Å². The van der Waals surface area contributed by atoms with Gasteiger partial charge in [0.2, 0.25) is 0 Å². The fourth-order valence-electron chi connectivity index (χ4n) is 3.66. The van der Waals surface area contributed by atoms with E-state index in [-0.39, 0.29) is 0 Å². The van der Waals surface area contributed by atoms with Gasteiger partial charge in [0.1, 0.15) is 0 Å². The van der Waals surface area contributed by atoms with E-state index in [4.69, 9.17) is 10.5 Å². The summed E-state index contributed by atoms with van der Waals surface area (Å²) in [6.07, 6.45) is 5.54. The fraction of sp³-hybridized carbons (Fsp3) is 1.00. The van der Waals surface area contributed by atoms with Crippen LogP contribution in [-0.2, 0) is 4.74 Å². The first-order chi connectivity index (χ1) is 8.22. The highest BCUT2D eigenvalue weighted by atomic mass is 16.5. The number of nitrogens with two attached hydrogens (primary N) is 1. The fourth-order valence-corrected chi connectivity index (χ4v) is 3.66. The molecule has 2 aliphatic rings. The minimum absolute atomic E-state index is 0.537. The molecular weight excluding hydrogens is 212 g/mol. The Morgan fingerprint density at radius 2 is 2.18 bits per heavy atom. The summed E-state index contributed by atoms with van der Waals surface area (Å²) >= 11 is 0. The number of nitrogens with zero attached hydrogens (tertiary/aromatic N) is 1. The van der Waals surface area contributed by atoms with Crippen LogP contribution in [0.15, 0.2) is 0 Å². The zero-order valence-electron chi connectivity index (χ0n) is 11.4. The molecule has 3 nitrogen and oxygen atoms in total. The van der Waals surface area contributed by atoms with Crippen molar-refractivity contribution in [1.82, 2.24) is 4.90 Å². The third-order valence-corrected chi connectivity index (χ3v) is 4.61. The van der Waals surface area contributed by atoms with Gasteiger partial charge in [-0.3, -0.25) is 4.90 Å². The SMILES string of the molecule is CC1CCCC(C(CN)N2CCOCC2C)C1. The molecule has 1 heterocycles. The minimum Gasteiger partial charge on any atom is -0.379 e. The summed E-state index contributed by atoms with van der Waals surface area (Å²) in [5.41, 5.74) is 6.06. The lowest BCUT2D eigenvalue weighted by Crippen LogP contribution is -2.55. The maximum atomic E-state index is 6.06. The van der Waals surface area contributed by atoms with Crippen molar-refractivity contribution in [3.63, 3.8) is 0 Å². The van der Waals surface area contributed by atoms with Crippen LogP contribution in [-0.4, -0.2) is 43.3 Å². The van der Waals surface area contributed by atoms with Crippen LogP contribution in [0.4, 0.5) is 0 Å². The number of ether oxygens (including phenoxy) is 1. The van der Waals surface area contributed by atoms with Crippen molar-refractivity contribution in [3.8, 4) is 0 Å². The lowest BCUT2D eigenvalue weighted by atomic mass is 9.77. The van der Waals surface area contributed by atoms with E-state index < -0.39 is 0 Å². The van der Waals surface area contributed by atoms with Gasteiger partial charge < -0.3 is 10.5 Å². The van der Waals surface area contributed by atoms with Gasteiger partial charge in [-0.05, 0) is 31.6 Å².